The fourth-order valence-electron chi connectivity index (χ4n) is 2.29. The van der Waals surface area contributed by atoms with Gasteiger partial charge in [0.15, 0.2) is 0 Å². The molecule has 0 N–H and O–H groups in total. The zero-order valence-corrected chi connectivity index (χ0v) is 16.5. The molecule has 130 valence electrons. The molecule has 22 heavy (non-hydrogen) atoms. The van der Waals surface area contributed by atoms with E-state index in [1.54, 1.807) is 0 Å². The van der Waals surface area contributed by atoms with Crippen LogP contribution in [-0.2, 0) is 25.4 Å². The van der Waals surface area contributed by atoms with E-state index in [4.69, 9.17) is 20.9 Å². The molecule has 0 aromatic rings. The van der Waals surface area contributed by atoms with Gasteiger partial charge in [0.05, 0.1) is 25.7 Å². The smallest absolute Gasteiger partial charge is 0.309 e. The predicted octanol–water partition coefficient (Wildman–Crippen LogP) is 3.75. The Bertz CT molecular complexity index is 412. The lowest BCUT2D eigenvalue weighted by Gasteiger charge is -2.27. The van der Waals surface area contributed by atoms with E-state index in [0.717, 1.165) is 58.0 Å². The summed E-state index contributed by atoms with van der Waals surface area (Å²) < 4.78 is 29.1. The van der Waals surface area contributed by atoms with E-state index in [9.17, 15) is 4.57 Å². The Morgan fingerprint density at radius 3 is 1.73 bits per heavy atom. The monoisotopic (exact) mass is 368 g/mol. The van der Waals surface area contributed by atoms with Gasteiger partial charge < -0.3 is 9.05 Å². The maximum absolute atomic E-state index is 13.0. The molecule has 0 aromatic carbocycles. The molecule has 5 nitrogen and oxygen atoms in total. The first-order valence-electron chi connectivity index (χ1n) is 8.52. The second-order valence-electron chi connectivity index (χ2n) is 6.00. The van der Waals surface area contributed by atoms with Gasteiger partial charge in [0.1, 0.15) is 0 Å². The normalized spacial score (nSPS) is 19.5. The van der Waals surface area contributed by atoms with Gasteiger partial charge in [0.25, 0.3) is 0 Å². The molecule has 2 heterocycles. The van der Waals surface area contributed by atoms with Gasteiger partial charge in [-0.25, -0.2) is 0 Å². The minimum Gasteiger partial charge on any atom is -0.309 e. The van der Waals surface area contributed by atoms with Crippen molar-refractivity contribution < 1.29 is 13.6 Å². The molecule has 2 rings (SSSR count). The van der Waals surface area contributed by atoms with Gasteiger partial charge >= 0.3 is 7.60 Å². The molecule has 0 atom stereocenters. The van der Waals surface area contributed by atoms with Crippen LogP contribution in [0.15, 0.2) is 0 Å². The van der Waals surface area contributed by atoms with Crippen LogP contribution in [0.25, 0.3) is 0 Å². The van der Waals surface area contributed by atoms with Crippen LogP contribution in [-0.4, -0.2) is 61.1 Å². The van der Waals surface area contributed by atoms with Crippen molar-refractivity contribution in [2.45, 2.75) is 39.5 Å². The van der Waals surface area contributed by atoms with E-state index in [1.807, 2.05) is 0 Å². The van der Waals surface area contributed by atoms with Crippen LogP contribution in [0.1, 0.15) is 39.5 Å². The van der Waals surface area contributed by atoms with Crippen LogP contribution < -0.4 is 0 Å². The summed E-state index contributed by atoms with van der Waals surface area (Å²) >= 11 is 5.94. The number of nitrogens with zero attached hydrogens (tertiary/aromatic N) is 2. The zero-order chi connectivity index (χ0) is 16.1. The number of hydrogen-bond donors (Lipinski definition) is 0. The van der Waals surface area contributed by atoms with Crippen molar-refractivity contribution in [1.29, 1.82) is 0 Å². The Labute approximate surface area is 140 Å². The largest absolute Gasteiger partial charge is 0.331 e. The highest BCUT2D eigenvalue weighted by molar-refractivity contribution is 8.12. The number of hydrogen-bond acceptors (Lipinski definition) is 4. The Kier molecular flexibility index (Phi) is 7.54. The van der Waals surface area contributed by atoms with Crippen molar-refractivity contribution >= 4 is 25.7 Å². The topological polar surface area (TPSA) is 41.5 Å². The maximum Gasteiger partial charge on any atom is 0.331 e. The van der Waals surface area contributed by atoms with Crippen LogP contribution in [0.4, 0.5) is 0 Å². The Hall–Kier alpha value is 0.720. The molecule has 2 aliphatic rings. The van der Waals surface area contributed by atoms with Crippen molar-refractivity contribution in [3.63, 3.8) is 0 Å². The third-order valence-electron chi connectivity index (χ3n) is 3.97. The second-order valence-corrected chi connectivity index (χ2v) is 12.9. The molecule has 2 aliphatic heterocycles. The summed E-state index contributed by atoms with van der Waals surface area (Å²) in [6, 6.07) is 0. The van der Waals surface area contributed by atoms with Crippen molar-refractivity contribution in [2.24, 2.45) is 0 Å². The van der Waals surface area contributed by atoms with Crippen LogP contribution >= 0.6 is 13.9 Å². The average Bonchev–Trinajstić information content (AvgIpc) is 3.37. The van der Waals surface area contributed by atoms with E-state index in [2.05, 4.69) is 23.2 Å². The summed E-state index contributed by atoms with van der Waals surface area (Å²) in [6.45, 7) is 9.67. The Morgan fingerprint density at radius 1 is 0.909 bits per heavy atom. The van der Waals surface area contributed by atoms with Crippen molar-refractivity contribution in [3.8, 4) is 0 Å². The minimum absolute atomic E-state index is 0.477. The Balaban J connectivity index is 1.89. The summed E-state index contributed by atoms with van der Waals surface area (Å²) in [7, 11) is -2.99. The second kappa shape index (κ2) is 8.71. The van der Waals surface area contributed by atoms with E-state index in [1.165, 1.54) is 0 Å². The highest BCUT2D eigenvalue weighted by atomic mass is 32.4. The van der Waals surface area contributed by atoms with Gasteiger partial charge in [-0.05, 0) is 12.8 Å². The van der Waals surface area contributed by atoms with E-state index >= 15 is 0 Å². The fraction of sp³-hybridized carbons (Fsp3) is 1.00. The molecule has 0 unspecified atom stereocenters. The number of unbranched alkanes of at least 4 members (excludes halogenated alkanes) is 2. The molecule has 0 bridgehead atoms. The zero-order valence-electron chi connectivity index (χ0n) is 13.9. The number of rotatable bonds is 13. The molecule has 0 aromatic heterocycles. The predicted molar refractivity (Wildman–Crippen MR) is 96.5 cm³/mol. The average molecular weight is 368 g/mol. The van der Waals surface area contributed by atoms with Crippen LogP contribution in [0.5, 0.6) is 0 Å². The minimum atomic E-state index is -2.99. The highest BCUT2D eigenvalue weighted by Crippen LogP contribution is 2.63. The van der Waals surface area contributed by atoms with Gasteiger partial charge in [-0.2, -0.15) is 0 Å². The lowest BCUT2D eigenvalue weighted by atomic mass is 10.4. The summed E-state index contributed by atoms with van der Waals surface area (Å²) in [5.74, 6) is 0. The third-order valence-corrected chi connectivity index (χ3v) is 11.6. The molecule has 0 saturated carbocycles. The van der Waals surface area contributed by atoms with Gasteiger partial charge in [-0.1, -0.05) is 38.5 Å². The molecule has 2 saturated heterocycles. The molecule has 8 heteroatoms. The molecule has 0 aliphatic carbocycles. The maximum atomic E-state index is 13.0. The van der Waals surface area contributed by atoms with E-state index < -0.39 is 13.9 Å². The van der Waals surface area contributed by atoms with Crippen LogP contribution in [0.3, 0.4) is 0 Å². The van der Waals surface area contributed by atoms with Crippen molar-refractivity contribution in [3.05, 3.63) is 0 Å². The first-order valence-corrected chi connectivity index (χ1v) is 13.1. The first-order chi connectivity index (χ1) is 10.5. The summed E-state index contributed by atoms with van der Waals surface area (Å²) in [5.41, 5.74) is 0. The van der Waals surface area contributed by atoms with E-state index in [-0.39, 0.29) is 0 Å². The van der Waals surface area contributed by atoms with Crippen LogP contribution in [0, 0.1) is 0 Å². The summed E-state index contributed by atoms with van der Waals surface area (Å²) in [6.07, 6.45) is 3.54. The van der Waals surface area contributed by atoms with Crippen molar-refractivity contribution in [1.82, 2.24) is 9.34 Å². The Morgan fingerprint density at radius 2 is 1.36 bits per heavy atom. The molecular formula is C14H30N2O3P2S. The first kappa shape index (κ1) is 19.1. The van der Waals surface area contributed by atoms with Gasteiger partial charge in [0.2, 0.25) is 0 Å². The molecule has 2 fully saturated rings. The lowest BCUT2D eigenvalue weighted by Crippen LogP contribution is -2.13. The molecule has 0 radical (unpaired) electrons. The van der Waals surface area contributed by atoms with Crippen molar-refractivity contribution in [2.75, 3.05) is 51.7 Å². The van der Waals surface area contributed by atoms with Gasteiger partial charge in [-0.3, -0.25) is 13.9 Å². The SMILES string of the molecule is CCCCOP(=O)(CCP(=S)(N1CC1)N1CC1)OCCCC. The standard InChI is InChI=1S/C14H30N2O3P2S/c1-3-5-11-18-21(17,19-12-6-4-2)14-13-20(22,15-7-8-15)16-9-10-16/h3-14H2,1-2H3. The summed E-state index contributed by atoms with van der Waals surface area (Å²) in [4.78, 5) is 0. The molecule has 0 spiro atoms. The van der Waals surface area contributed by atoms with E-state index in [0.29, 0.717) is 19.4 Å². The lowest BCUT2D eigenvalue weighted by molar-refractivity contribution is 0.201. The quantitative estimate of drug-likeness (QED) is 0.280. The van der Waals surface area contributed by atoms with Gasteiger partial charge in [-0.15, -0.1) is 0 Å². The molecular weight excluding hydrogens is 338 g/mol. The fourth-order valence-corrected chi connectivity index (χ4v) is 9.53. The van der Waals surface area contributed by atoms with Crippen LogP contribution in [0.2, 0.25) is 0 Å². The summed E-state index contributed by atoms with van der Waals surface area (Å²) in [5, 5.41) is 0. The van der Waals surface area contributed by atoms with Gasteiger partial charge in [0, 0.05) is 32.3 Å². The highest BCUT2D eigenvalue weighted by Gasteiger charge is 2.44. The third kappa shape index (κ3) is 5.66. The molecule has 0 amide bonds.